The fraction of sp³-hybridized carbons (Fsp3) is 0.364. The lowest BCUT2D eigenvalue weighted by Crippen LogP contribution is -2.44. The van der Waals surface area contributed by atoms with Gasteiger partial charge in [0.15, 0.2) is 0 Å². The summed E-state index contributed by atoms with van der Waals surface area (Å²) in [5.41, 5.74) is 0. The number of nitrogens with zero attached hydrogens (tertiary/aromatic N) is 1. The van der Waals surface area contributed by atoms with Crippen LogP contribution in [-0.2, 0) is 28.7 Å². The Balaban J connectivity index is 1.89. The molecule has 0 spiro atoms. The van der Waals surface area contributed by atoms with Crippen molar-refractivity contribution in [3.8, 4) is 5.75 Å². The zero-order valence-corrected chi connectivity index (χ0v) is 17.3. The van der Waals surface area contributed by atoms with Crippen LogP contribution in [0.5, 0.6) is 5.75 Å². The third kappa shape index (κ3) is 6.04. The molecule has 0 aliphatic carbocycles. The van der Waals surface area contributed by atoms with Gasteiger partial charge in [-0.1, -0.05) is 36.4 Å². The lowest BCUT2D eigenvalue weighted by atomic mass is 10.1. The molecule has 0 fully saturated rings. The highest BCUT2D eigenvalue weighted by molar-refractivity contribution is 5.90. The predicted molar refractivity (Wildman–Crippen MR) is 109 cm³/mol. The molecule has 1 atom stereocenters. The Kier molecular flexibility index (Phi) is 8.34. The first-order chi connectivity index (χ1) is 14.4. The molecular weight excluding hydrogens is 390 g/mol. The Morgan fingerprint density at radius 3 is 2.30 bits per heavy atom. The number of carbonyl (C=O) groups is 4. The topological polar surface area (TPSA) is 99.2 Å². The average Bonchev–Trinajstić information content (AvgIpc) is 2.76. The van der Waals surface area contributed by atoms with Crippen LogP contribution in [0, 0.1) is 0 Å². The normalized spacial score (nSPS) is 11.4. The number of likely N-dealkylation sites (N-methyl/N-ethyl adjacent to an activating group) is 1. The van der Waals surface area contributed by atoms with Crippen LogP contribution in [0.4, 0.5) is 0 Å². The highest BCUT2D eigenvalue weighted by Gasteiger charge is 2.30. The van der Waals surface area contributed by atoms with E-state index in [9.17, 15) is 19.2 Å². The molecule has 0 saturated heterocycles. The summed E-state index contributed by atoms with van der Waals surface area (Å²) < 4.78 is 14.7. The van der Waals surface area contributed by atoms with E-state index in [0.29, 0.717) is 5.75 Å². The highest BCUT2D eigenvalue weighted by Crippen LogP contribution is 2.25. The van der Waals surface area contributed by atoms with E-state index in [4.69, 9.17) is 4.74 Å². The highest BCUT2D eigenvalue weighted by atomic mass is 16.5. The van der Waals surface area contributed by atoms with Crippen LogP contribution in [0.3, 0.4) is 0 Å². The number of methoxy groups -OCH3 is 2. The number of fused-ring (bicyclic) bond motifs is 1. The van der Waals surface area contributed by atoms with Gasteiger partial charge in [0.1, 0.15) is 11.8 Å². The van der Waals surface area contributed by atoms with E-state index in [2.05, 4.69) is 9.47 Å². The molecule has 8 nitrogen and oxygen atoms in total. The van der Waals surface area contributed by atoms with Crippen molar-refractivity contribution in [2.24, 2.45) is 0 Å². The summed E-state index contributed by atoms with van der Waals surface area (Å²) in [7, 11) is 3.77. The summed E-state index contributed by atoms with van der Waals surface area (Å²) in [6.45, 7) is 0. The van der Waals surface area contributed by atoms with Gasteiger partial charge in [-0.05, 0) is 17.9 Å². The third-order valence-corrected chi connectivity index (χ3v) is 4.67. The van der Waals surface area contributed by atoms with E-state index in [-0.39, 0.29) is 25.7 Å². The molecule has 0 saturated carbocycles. The van der Waals surface area contributed by atoms with E-state index in [1.807, 2.05) is 30.3 Å². The van der Waals surface area contributed by atoms with E-state index >= 15 is 0 Å². The van der Waals surface area contributed by atoms with E-state index < -0.39 is 29.9 Å². The molecule has 0 aliphatic heterocycles. The third-order valence-electron chi connectivity index (χ3n) is 4.67. The number of hydrogen-bond acceptors (Lipinski definition) is 7. The van der Waals surface area contributed by atoms with Gasteiger partial charge in [0.25, 0.3) is 0 Å². The lowest BCUT2D eigenvalue weighted by Gasteiger charge is -2.25. The number of rotatable bonds is 9. The second-order valence-electron chi connectivity index (χ2n) is 6.63. The lowest BCUT2D eigenvalue weighted by molar-refractivity contribution is -0.156. The quantitative estimate of drug-likeness (QED) is 0.458. The molecule has 2 aromatic rings. The molecule has 0 heterocycles. The first-order valence-corrected chi connectivity index (χ1v) is 9.46. The molecule has 1 amide bonds. The number of carbonyl (C=O) groups excluding carboxylic acids is 4. The van der Waals surface area contributed by atoms with Crippen LogP contribution in [0.25, 0.3) is 10.8 Å². The van der Waals surface area contributed by atoms with Crippen molar-refractivity contribution in [1.29, 1.82) is 0 Å². The van der Waals surface area contributed by atoms with E-state index in [1.54, 1.807) is 12.1 Å². The number of ether oxygens (including phenoxy) is 3. The second-order valence-corrected chi connectivity index (χ2v) is 6.63. The number of esters is 3. The van der Waals surface area contributed by atoms with Gasteiger partial charge in [0.2, 0.25) is 5.91 Å². The van der Waals surface area contributed by atoms with Crippen LogP contribution in [0.15, 0.2) is 42.5 Å². The Bertz CT molecular complexity index is 919. The summed E-state index contributed by atoms with van der Waals surface area (Å²) in [6.07, 6.45) is -0.0358. The van der Waals surface area contributed by atoms with Crippen molar-refractivity contribution >= 4 is 34.6 Å². The maximum Gasteiger partial charge on any atom is 0.329 e. The molecule has 0 aromatic heterocycles. The number of hydrogen-bond donors (Lipinski definition) is 0. The van der Waals surface area contributed by atoms with E-state index in [0.717, 1.165) is 15.7 Å². The molecule has 0 bridgehead atoms. The van der Waals surface area contributed by atoms with Crippen molar-refractivity contribution in [3.05, 3.63) is 42.5 Å². The zero-order valence-electron chi connectivity index (χ0n) is 17.3. The molecule has 0 unspecified atom stereocenters. The summed E-state index contributed by atoms with van der Waals surface area (Å²) in [4.78, 5) is 49.2. The Hall–Kier alpha value is -3.42. The first kappa shape index (κ1) is 22.9. The van der Waals surface area contributed by atoms with Crippen molar-refractivity contribution < 1.29 is 33.4 Å². The maximum atomic E-state index is 12.4. The largest absolute Gasteiger partial charge is 0.469 e. The summed E-state index contributed by atoms with van der Waals surface area (Å²) in [6, 6.07) is 11.9. The molecular formula is C22H25NO7. The zero-order chi connectivity index (χ0) is 22.1. The van der Waals surface area contributed by atoms with Gasteiger partial charge in [-0.3, -0.25) is 14.4 Å². The molecule has 2 aromatic carbocycles. The minimum Gasteiger partial charge on any atom is -0.469 e. The van der Waals surface area contributed by atoms with Gasteiger partial charge >= 0.3 is 17.9 Å². The second kappa shape index (κ2) is 10.9. The molecule has 0 aliphatic rings. The SMILES string of the molecule is COC(=O)C[C@@H](C(=O)OC)N(C)C(=O)CCCC(=O)Oc1cccc2ccccc12. The molecule has 8 heteroatoms. The van der Waals surface area contributed by atoms with Gasteiger partial charge in [0, 0.05) is 25.3 Å². The summed E-state index contributed by atoms with van der Waals surface area (Å²) in [5, 5.41) is 1.78. The van der Waals surface area contributed by atoms with Crippen molar-refractivity contribution in [1.82, 2.24) is 4.90 Å². The van der Waals surface area contributed by atoms with Crippen LogP contribution in [-0.4, -0.2) is 56.0 Å². The average molecular weight is 415 g/mol. The van der Waals surface area contributed by atoms with Gasteiger partial charge < -0.3 is 19.1 Å². The van der Waals surface area contributed by atoms with Crippen molar-refractivity contribution in [2.75, 3.05) is 21.3 Å². The van der Waals surface area contributed by atoms with Crippen LogP contribution < -0.4 is 4.74 Å². The molecule has 30 heavy (non-hydrogen) atoms. The number of benzene rings is 2. The summed E-state index contributed by atoms with van der Waals surface area (Å²) in [5.74, 6) is -1.74. The van der Waals surface area contributed by atoms with E-state index in [1.165, 1.54) is 21.3 Å². The first-order valence-electron chi connectivity index (χ1n) is 9.46. The Labute approximate surface area is 174 Å². The van der Waals surface area contributed by atoms with Crippen LogP contribution in [0.1, 0.15) is 25.7 Å². The smallest absolute Gasteiger partial charge is 0.329 e. The fourth-order valence-electron chi connectivity index (χ4n) is 2.95. The Morgan fingerprint density at radius 2 is 1.60 bits per heavy atom. The molecule has 2 rings (SSSR count). The van der Waals surface area contributed by atoms with Gasteiger partial charge in [-0.15, -0.1) is 0 Å². The standard InChI is InChI=1S/C22H25NO7/c1-23(17(22(27)29-3)14-21(26)28-2)19(24)12-7-13-20(25)30-18-11-6-9-15-8-4-5-10-16(15)18/h4-6,8-11,17H,7,12-14H2,1-3H3/t17-/m0/s1. The molecule has 0 radical (unpaired) electrons. The molecule has 160 valence electrons. The molecule has 0 N–H and O–H groups in total. The van der Waals surface area contributed by atoms with Gasteiger partial charge in [0.05, 0.1) is 20.6 Å². The maximum absolute atomic E-state index is 12.4. The fourth-order valence-corrected chi connectivity index (χ4v) is 2.95. The minimum absolute atomic E-state index is 0.00973. The monoisotopic (exact) mass is 415 g/mol. The Morgan fingerprint density at radius 1 is 0.900 bits per heavy atom. The number of amides is 1. The van der Waals surface area contributed by atoms with Crippen LogP contribution in [0.2, 0.25) is 0 Å². The predicted octanol–water partition coefficient (Wildman–Crippen LogP) is 2.48. The van der Waals surface area contributed by atoms with Crippen LogP contribution >= 0.6 is 0 Å². The minimum atomic E-state index is -1.09. The summed E-state index contributed by atoms with van der Waals surface area (Å²) >= 11 is 0. The van der Waals surface area contributed by atoms with Gasteiger partial charge in [-0.25, -0.2) is 4.79 Å². The van der Waals surface area contributed by atoms with Crippen molar-refractivity contribution in [3.63, 3.8) is 0 Å². The van der Waals surface area contributed by atoms with Gasteiger partial charge in [-0.2, -0.15) is 0 Å². The van der Waals surface area contributed by atoms with Crippen molar-refractivity contribution in [2.45, 2.75) is 31.7 Å².